The van der Waals surface area contributed by atoms with Gasteiger partial charge in [0, 0.05) is 0 Å². The first-order valence-electron chi connectivity index (χ1n) is 6.12. The van der Waals surface area contributed by atoms with Gasteiger partial charge in [-0.1, -0.05) is 19.8 Å². The van der Waals surface area contributed by atoms with Crippen molar-refractivity contribution in [3.05, 3.63) is 0 Å². The van der Waals surface area contributed by atoms with Gasteiger partial charge in [0.05, 0.1) is 16.8 Å². The Kier molecular flexibility index (Phi) is 5.34. The fraction of sp³-hybridized carbons (Fsp3) is 0.900. The third kappa shape index (κ3) is 4.73. The molecule has 2 unspecified atom stereocenters. The van der Waals surface area contributed by atoms with Crippen LogP contribution in [0, 0.1) is 0 Å². The molecule has 1 rings (SSSR count). The van der Waals surface area contributed by atoms with Crippen LogP contribution in [-0.4, -0.2) is 50.7 Å². The Labute approximate surface area is 113 Å². The summed E-state index contributed by atoms with van der Waals surface area (Å²) in [6.07, 6.45) is 1.56. The van der Waals surface area contributed by atoms with Gasteiger partial charge >= 0.3 is 5.97 Å². The molecular weight excluding hydrogens is 294 g/mol. The van der Waals surface area contributed by atoms with Crippen molar-refractivity contribution >= 4 is 25.8 Å². The van der Waals surface area contributed by atoms with E-state index in [1.54, 1.807) is 0 Å². The zero-order valence-electron chi connectivity index (χ0n) is 10.7. The summed E-state index contributed by atoms with van der Waals surface area (Å²) in [6.45, 7) is 1.87. The van der Waals surface area contributed by atoms with Gasteiger partial charge in [0.25, 0.3) is 0 Å². The van der Waals surface area contributed by atoms with E-state index in [0.717, 1.165) is 6.42 Å². The summed E-state index contributed by atoms with van der Waals surface area (Å²) >= 11 is 0. The molecule has 0 radical (unpaired) electrons. The lowest BCUT2D eigenvalue weighted by molar-refractivity contribution is -0.139. The van der Waals surface area contributed by atoms with E-state index in [1.165, 1.54) is 0 Å². The molecule has 1 fully saturated rings. The number of sulfonamides is 1. The maximum atomic E-state index is 12.0. The van der Waals surface area contributed by atoms with Gasteiger partial charge in [0.15, 0.2) is 9.84 Å². The molecule has 19 heavy (non-hydrogen) atoms. The Morgan fingerprint density at radius 1 is 1.47 bits per heavy atom. The summed E-state index contributed by atoms with van der Waals surface area (Å²) in [5, 5.41) is 7.92. The van der Waals surface area contributed by atoms with Crippen LogP contribution < -0.4 is 4.72 Å². The number of unbranched alkanes of at least 4 members (excludes halogenated alkanes) is 1. The second kappa shape index (κ2) is 6.19. The Morgan fingerprint density at radius 3 is 2.53 bits per heavy atom. The van der Waals surface area contributed by atoms with E-state index in [4.69, 9.17) is 5.11 Å². The number of carbonyl (C=O) groups is 1. The number of hydrogen-bond acceptors (Lipinski definition) is 5. The average molecular weight is 313 g/mol. The van der Waals surface area contributed by atoms with Crippen LogP contribution in [0.3, 0.4) is 0 Å². The molecule has 0 aromatic carbocycles. The second-order valence-corrected chi connectivity index (χ2v) is 8.94. The van der Waals surface area contributed by atoms with E-state index in [2.05, 4.69) is 4.72 Å². The van der Waals surface area contributed by atoms with E-state index in [-0.39, 0.29) is 18.6 Å². The summed E-state index contributed by atoms with van der Waals surface area (Å²) in [5.41, 5.74) is 0. The maximum Gasteiger partial charge on any atom is 0.321 e. The summed E-state index contributed by atoms with van der Waals surface area (Å²) in [4.78, 5) is 11.0. The van der Waals surface area contributed by atoms with Crippen LogP contribution in [0.2, 0.25) is 0 Å². The zero-order valence-corrected chi connectivity index (χ0v) is 12.3. The fourth-order valence-electron chi connectivity index (χ4n) is 1.94. The highest BCUT2D eigenvalue weighted by Crippen LogP contribution is 2.19. The van der Waals surface area contributed by atoms with Gasteiger partial charge in [0.2, 0.25) is 10.0 Å². The number of nitrogens with one attached hydrogen (secondary N) is 1. The molecule has 2 N–H and O–H groups in total. The molecule has 9 heteroatoms. The van der Waals surface area contributed by atoms with Gasteiger partial charge in [-0.25, -0.2) is 21.6 Å². The lowest BCUT2D eigenvalue weighted by atomic mass is 10.1. The smallest absolute Gasteiger partial charge is 0.321 e. The molecule has 0 aromatic rings. The molecule has 0 aromatic heterocycles. The number of carboxylic acids is 1. The molecule has 1 aliphatic heterocycles. The van der Waals surface area contributed by atoms with E-state index < -0.39 is 42.9 Å². The van der Waals surface area contributed by atoms with Gasteiger partial charge < -0.3 is 5.11 Å². The van der Waals surface area contributed by atoms with E-state index in [1.807, 2.05) is 6.92 Å². The predicted molar refractivity (Wildman–Crippen MR) is 70.1 cm³/mol. The molecule has 2 atom stereocenters. The number of hydrogen-bond donors (Lipinski definition) is 2. The molecule has 1 aliphatic rings. The molecule has 0 bridgehead atoms. The lowest BCUT2D eigenvalue weighted by Crippen LogP contribution is -2.45. The van der Waals surface area contributed by atoms with Crippen LogP contribution in [0.1, 0.15) is 32.6 Å². The lowest BCUT2D eigenvalue weighted by Gasteiger charge is -2.17. The average Bonchev–Trinajstić information content (AvgIpc) is 2.65. The minimum atomic E-state index is -3.92. The largest absolute Gasteiger partial charge is 0.480 e. The Hall–Kier alpha value is -0.670. The monoisotopic (exact) mass is 313 g/mol. The van der Waals surface area contributed by atoms with Crippen molar-refractivity contribution in [1.29, 1.82) is 0 Å². The van der Waals surface area contributed by atoms with Crippen LogP contribution in [-0.2, 0) is 24.7 Å². The van der Waals surface area contributed by atoms with Crippen LogP contribution in [0.5, 0.6) is 0 Å². The van der Waals surface area contributed by atoms with Gasteiger partial charge in [-0.3, -0.25) is 4.79 Å². The van der Waals surface area contributed by atoms with Crippen molar-refractivity contribution in [3.8, 4) is 0 Å². The first-order chi connectivity index (χ1) is 8.68. The van der Waals surface area contributed by atoms with Gasteiger partial charge in [-0.15, -0.1) is 0 Å². The molecule has 1 saturated heterocycles. The summed E-state index contributed by atoms with van der Waals surface area (Å²) < 4.78 is 48.6. The van der Waals surface area contributed by atoms with Crippen LogP contribution >= 0.6 is 0 Å². The van der Waals surface area contributed by atoms with E-state index in [9.17, 15) is 21.6 Å². The van der Waals surface area contributed by atoms with Crippen molar-refractivity contribution in [1.82, 2.24) is 4.72 Å². The summed E-state index contributed by atoms with van der Waals surface area (Å²) in [6, 6.07) is -1.19. The van der Waals surface area contributed by atoms with Crippen LogP contribution in [0.25, 0.3) is 0 Å². The highest BCUT2D eigenvalue weighted by atomic mass is 32.2. The number of sulfone groups is 1. The van der Waals surface area contributed by atoms with Crippen molar-refractivity contribution in [3.63, 3.8) is 0 Å². The first kappa shape index (κ1) is 16.4. The summed E-state index contributed by atoms with van der Waals surface area (Å²) in [5.74, 6) is -1.83. The normalized spacial score (nSPS) is 24.2. The molecular formula is C10H19NO6S2. The van der Waals surface area contributed by atoms with Crippen molar-refractivity contribution in [2.45, 2.75) is 43.9 Å². The highest BCUT2D eigenvalue weighted by molar-refractivity contribution is 7.95. The minimum Gasteiger partial charge on any atom is -0.480 e. The number of carboxylic acid groups (broad SMARTS) is 1. The Bertz CT molecular complexity index is 524. The number of aliphatic carboxylic acids is 1. The quantitative estimate of drug-likeness (QED) is 0.668. The molecule has 112 valence electrons. The molecule has 0 saturated carbocycles. The zero-order chi connectivity index (χ0) is 14.7. The van der Waals surface area contributed by atoms with Crippen molar-refractivity contribution in [2.75, 3.05) is 11.5 Å². The standard InChI is InChI=1S/C10H19NO6S2/c1-2-3-4-9(10(12)13)11-19(16,17)8-5-6-18(14,15)7-8/h8-9,11H,2-7H2,1H3,(H,12,13). The van der Waals surface area contributed by atoms with Crippen LogP contribution in [0.4, 0.5) is 0 Å². The SMILES string of the molecule is CCCCC(NS(=O)(=O)C1CCS(=O)(=O)C1)C(=O)O. The van der Waals surface area contributed by atoms with Crippen molar-refractivity contribution < 1.29 is 26.7 Å². The first-order valence-corrected chi connectivity index (χ1v) is 9.49. The minimum absolute atomic E-state index is 0.0256. The van der Waals surface area contributed by atoms with Gasteiger partial charge in [-0.2, -0.15) is 0 Å². The van der Waals surface area contributed by atoms with Gasteiger partial charge in [-0.05, 0) is 12.8 Å². The molecule has 0 spiro atoms. The molecule has 7 nitrogen and oxygen atoms in total. The number of rotatable bonds is 7. The summed E-state index contributed by atoms with van der Waals surface area (Å²) in [7, 11) is -7.23. The van der Waals surface area contributed by atoms with Gasteiger partial charge in [0.1, 0.15) is 6.04 Å². The Morgan fingerprint density at radius 2 is 2.11 bits per heavy atom. The van der Waals surface area contributed by atoms with Crippen LogP contribution in [0.15, 0.2) is 0 Å². The van der Waals surface area contributed by atoms with E-state index >= 15 is 0 Å². The topological polar surface area (TPSA) is 118 Å². The van der Waals surface area contributed by atoms with Crippen molar-refractivity contribution in [2.24, 2.45) is 0 Å². The Balaban J connectivity index is 2.75. The second-order valence-electron chi connectivity index (χ2n) is 4.72. The fourth-order valence-corrected chi connectivity index (χ4v) is 6.21. The molecule has 0 aliphatic carbocycles. The highest BCUT2D eigenvalue weighted by Gasteiger charge is 2.38. The third-order valence-electron chi connectivity index (χ3n) is 3.08. The molecule has 0 amide bonds. The van der Waals surface area contributed by atoms with E-state index in [0.29, 0.717) is 6.42 Å². The maximum absolute atomic E-state index is 12.0. The molecule has 1 heterocycles. The predicted octanol–water partition coefficient (Wildman–Crippen LogP) is -0.264. The third-order valence-corrected chi connectivity index (χ3v) is 6.95.